The molecule has 3 rings (SSSR count). The summed E-state index contributed by atoms with van der Waals surface area (Å²) in [6, 6.07) is 9.46. The number of carbonyl (C=O) groups is 1. The van der Waals surface area contributed by atoms with Crippen LogP contribution in [0.2, 0.25) is 0 Å². The van der Waals surface area contributed by atoms with Gasteiger partial charge in [0.1, 0.15) is 11.6 Å². The van der Waals surface area contributed by atoms with Crippen molar-refractivity contribution in [2.24, 2.45) is 0 Å². The summed E-state index contributed by atoms with van der Waals surface area (Å²) >= 11 is 0. The smallest absolute Gasteiger partial charge is 0.228 e. The van der Waals surface area contributed by atoms with Gasteiger partial charge in [0.05, 0.1) is 24.9 Å². The number of amides is 1. The number of aromatic nitrogens is 3. The van der Waals surface area contributed by atoms with Crippen molar-refractivity contribution in [3.05, 3.63) is 53.5 Å². The van der Waals surface area contributed by atoms with Crippen LogP contribution in [0.3, 0.4) is 0 Å². The van der Waals surface area contributed by atoms with Crippen LogP contribution in [0.25, 0.3) is 5.65 Å². The summed E-state index contributed by atoms with van der Waals surface area (Å²) in [6.45, 7) is 6.36. The van der Waals surface area contributed by atoms with Gasteiger partial charge in [-0.2, -0.15) is 5.10 Å². The van der Waals surface area contributed by atoms with E-state index in [0.29, 0.717) is 24.5 Å². The predicted molar refractivity (Wildman–Crippen MR) is 92.4 cm³/mol. The molecule has 124 valence electrons. The van der Waals surface area contributed by atoms with E-state index in [1.54, 1.807) is 10.7 Å². The SMILES string of the molecule is CCOc1ccc(CC(=O)Nc2cc(C)c3nc(C)nn3c2)cc1. The summed E-state index contributed by atoms with van der Waals surface area (Å²) in [6.07, 6.45) is 2.08. The summed E-state index contributed by atoms with van der Waals surface area (Å²) in [5.74, 6) is 1.44. The summed E-state index contributed by atoms with van der Waals surface area (Å²) in [4.78, 5) is 16.6. The Kier molecular flexibility index (Phi) is 4.46. The molecule has 2 aromatic heterocycles. The number of nitrogens with zero attached hydrogens (tertiary/aromatic N) is 3. The molecule has 2 heterocycles. The quantitative estimate of drug-likeness (QED) is 0.783. The summed E-state index contributed by atoms with van der Waals surface area (Å²) in [7, 11) is 0. The number of benzene rings is 1. The summed E-state index contributed by atoms with van der Waals surface area (Å²) in [5, 5.41) is 7.21. The largest absolute Gasteiger partial charge is 0.494 e. The molecule has 0 fully saturated rings. The maximum Gasteiger partial charge on any atom is 0.228 e. The molecule has 1 N–H and O–H groups in total. The Hall–Kier alpha value is -2.89. The molecule has 0 aliphatic carbocycles. The Morgan fingerprint density at radius 2 is 2.00 bits per heavy atom. The topological polar surface area (TPSA) is 68.5 Å². The van der Waals surface area contributed by atoms with E-state index >= 15 is 0 Å². The van der Waals surface area contributed by atoms with E-state index in [1.807, 2.05) is 51.1 Å². The minimum atomic E-state index is -0.0743. The number of pyridine rings is 1. The van der Waals surface area contributed by atoms with E-state index in [-0.39, 0.29) is 5.91 Å². The van der Waals surface area contributed by atoms with Crippen LogP contribution in [0.15, 0.2) is 36.5 Å². The number of carbonyl (C=O) groups excluding carboxylic acids is 1. The van der Waals surface area contributed by atoms with Gasteiger partial charge in [0.15, 0.2) is 5.65 Å². The van der Waals surface area contributed by atoms with Crippen LogP contribution >= 0.6 is 0 Å². The van der Waals surface area contributed by atoms with Gasteiger partial charge in [0, 0.05) is 0 Å². The van der Waals surface area contributed by atoms with E-state index in [0.717, 1.165) is 22.5 Å². The van der Waals surface area contributed by atoms with Crippen LogP contribution in [0, 0.1) is 13.8 Å². The number of aryl methyl sites for hydroxylation is 2. The highest BCUT2D eigenvalue weighted by Crippen LogP contribution is 2.16. The third-order valence-electron chi connectivity index (χ3n) is 3.61. The molecule has 0 radical (unpaired) electrons. The Morgan fingerprint density at radius 3 is 2.71 bits per heavy atom. The van der Waals surface area contributed by atoms with Crippen molar-refractivity contribution in [1.29, 1.82) is 0 Å². The molecular weight excluding hydrogens is 304 g/mol. The average Bonchev–Trinajstić information content (AvgIpc) is 2.90. The number of hydrogen-bond acceptors (Lipinski definition) is 4. The van der Waals surface area contributed by atoms with Crippen molar-refractivity contribution in [2.45, 2.75) is 27.2 Å². The van der Waals surface area contributed by atoms with E-state index < -0.39 is 0 Å². The molecule has 6 heteroatoms. The fraction of sp³-hybridized carbons (Fsp3) is 0.278. The number of ether oxygens (including phenoxy) is 1. The molecular formula is C18H20N4O2. The Balaban J connectivity index is 1.70. The van der Waals surface area contributed by atoms with Gasteiger partial charge in [-0.25, -0.2) is 9.50 Å². The standard InChI is InChI=1S/C18H20N4O2/c1-4-24-16-7-5-14(6-8-16)10-17(23)20-15-9-12(2)18-19-13(3)21-22(18)11-15/h5-9,11H,4,10H2,1-3H3,(H,20,23). The second-order valence-corrected chi connectivity index (χ2v) is 5.64. The molecule has 0 spiro atoms. The van der Waals surface area contributed by atoms with Crippen LogP contribution < -0.4 is 10.1 Å². The minimum absolute atomic E-state index is 0.0743. The lowest BCUT2D eigenvalue weighted by Crippen LogP contribution is -2.15. The maximum absolute atomic E-state index is 12.3. The fourth-order valence-corrected chi connectivity index (χ4v) is 2.58. The summed E-state index contributed by atoms with van der Waals surface area (Å²) < 4.78 is 7.09. The summed E-state index contributed by atoms with van der Waals surface area (Å²) in [5.41, 5.74) is 3.41. The number of hydrogen-bond donors (Lipinski definition) is 1. The zero-order valence-electron chi connectivity index (χ0n) is 14.0. The number of anilines is 1. The van der Waals surface area contributed by atoms with Crippen molar-refractivity contribution in [2.75, 3.05) is 11.9 Å². The van der Waals surface area contributed by atoms with Crippen LogP contribution in [0.4, 0.5) is 5.69 Å². The van der Waals surface area contributed by atoms with Gasteiger partial charge >= 0.3 is 0 Å². The number of rotatable bonds is 5. The van der Waals surface area contributed by atoms with Crippen LogP contribution in [-0.4, -0.2) is 27.1 Å². The first-order valence-corrected chi connectivity index (χ1v) is 7.90. The van der Waals surface area contributed by atoms with Crippen molar-refractivity contribution in [1.82, 2.24) is 14.6 Å². The molecule has 0 unspecified atom stereocenters. The second kappa shape index (κ2) is 6.70. The molecule has 0 saturated carbocycles. The molecule has 0 bridgehead atoms. The van der Waals surface area contributed by atoms with E-state index in [1.165, 1.54) is 0 Å². The van der Waals surface area contributed by atoms with Gasteiger partial charge in [-0.15, -0.1) is 0 Å². The zero-order valence-corrected chi connectivity index (χ0v) is 14.0. The highest BCUT2D eigenvalue weighted by molar-refractivity contribution is 5.92. The molecule has 0 aliphatic rings. The predicted octanol–water partition coefficient (Wildman–Crippen LogP) is 2.93. The van der Waals surface area contributed by atoms with Crippen molar-refractivity contribution < 1.29 is 9.53 Å². The van der Waals surface area contributed by atoms with E-state index in [4.69, 9.17) is 4.74 Å². The molecule has 24 heavy (non-hydrogen) atoms. The lowest BCUT2D eigenvalue weighted by molar-refractivity contribution is -0.115. The van der Waals surface area contributed by atoms with Gasteiger partial charge in [-0.05, 0) is 50.1 Å². The van der Waals surface area contributed by atoms with Crippen molar-refractivity contribution >= 4 is 17.2 Å². The lowest BCUT2D eigenvalue weighted by atomic mass is 10.1. The average molecular weight is 324 g/mol. The highest BCUT2D eigenvalue weighted by Gasteiger charge is 2.09. The Bertz CT molecular complexity index is 869. The normalized spacial score (nSPS) is 10.8. The molecule has 3 aromatic rings. The second-order valence-electron chi connectivity index (χ2n) is 5.64. The molecule has 6 nitrogen and oxygen atoms in total. The van der Waals surface area contributed by atoms with Gasteiger partial charge in [0.2, 0.25) is 5.91 Å². The minimum Gasteiger partial charge on any atom is -0.494 e. The molecule has 0 aliphatic heterocycles. The Labute approximate surface area is 140 Å². The number of nitrogens with one attached hydrogen (secondary N) is 1. The van der Waals surface area contributed by atoms with Crippen molar-refractivity contribution in [3.8, 4) is 5.75 Å². The van der Waals surface area contributed by atoms with Crippen LogP contribution in [0.1, 0.15) is 23.9 Å². The van der Waals surface area contributed by atoms with Gasteiger partial charge in [0.25, 0.3) is 0 Å². The third-order valence-corrected chi connectivity index (χ3v) is 3.61. The molecule has 1 aromatic carbocycles. The first-order chi connectivity index (χ1) is 11.5. The molecule has 0 saturated heterocycles. The first-order valence-electron chi connectivity index (χ1n) is 7.90. The van der Waals surface area contributed by atoms with Crippen LogP contribution in [0.5, 0.6) is 5.75 Å². The van der Waals surface area contributed by atoms with E-state index in [9.17, 15) is 4.79 Å². The zero-order chi connectivity index (χ0) is 17.1. The van der Waals surface area contributed by atoms with E-state index in [2.05, 4.69) is 15.4 Å². The lowest BCUT2D eigenvalue weighted by Gasteiger charge is -2.08. The van der Waals surface area contributed by atoms with Gasteiger partial charge < -0.3 is 10.1 Å². The van der Waals surface area contributed by atoms with Gasteiger partial charge in [-0.1, -0.05) is 12.1 Å². The molecule has 0 atom stereocenters. The van der Waals surface area contributed by atoms with Gasteiger partial charge in [-0.3, -0.25) is 4.79 Å². The maximum atomic E-state index is 12.3. The number of fused-ring (bicyclic) bond motifs is 1. The Morgan fingerprint density at radius 1 is 1.25 bits per heavy atom. The highest BCUT2D eigenvalue weighted by atomic mass is 16.5. The third kappa shape index (κ3) is 3.53. The molecule has 1 amide bonds. The van der Waals surface area contributed by atoms with Crippen LogP contribution in [-0.2, 0) is 11.2 Å². The fourth-order valence-electron chi connectivity index (χ4n) is 2.58. The van der Waals surface area contributed by atoms with Crippen molar-refractivity contribution in [3.63, 3.8) is 0 Å². The monoisotopic (exact) mass is 324 g/mol. The first kappa shape index (κ1) is 16.0.